The predicted molar refractivity (Wildman–Crippen MR) is 73.4 cm³/mol. The summed E-state index contributed by atoms with van der Waals surface area (Å²) in [6.07, 6.45) is 10.6. The molecule has 86 valence electrons. The molecule has 0 aromatic carbocycles. The molecule has 0 spiro atoms. The van der Waals surface area contributed by atoms with E-state index in [2.05, 4.69) is 25.7 Å². The van der Waals surface area contributed by atoms with E-state index in [1.165, 1.54) is 12.8 Å². The van der Waals surface area contributed by atoms with Gasteiger partial charge in [-0.05, 0) is 25.2 Å². The van der Waals surface area contributed by atoms with Gasteiger partial charge >= 0.3 is 0 Å². The summed E-state index contributed by atoms with van der Waals surface area (Å²) in [5, 5.41) is 10.1. The number of aliphatic hydroxyl groups is 1. The Morgan fingerprint density at radius 1 is 1.07 bits per heavy atom. The van der Waals surface area contributed by atoms with Gasteiger partial charge in [-0.25, -0.2) is 0 Å². The van der Waals surface area contributed by atoms with Gasteiger partial charge in [-0.1, -0.05) is 26.2 Å². The van der Waals surface area contributed by atoms with Crippen molar-refractivity contribution in [1.29, 1.82) is 0 Å². The molecule has 0 heterocycles. The van der Waals surface area contributed by atoms with Crippen molar-refractivity contribution in [1.82, 2.24) is 0 Å². The third-order valence-corrected chi connectivity index (χ3v) is 7.87. The van der Waals surface area contributed by atoms with E-state index in [-0.39, 0.29) is 9.52 Å². The molecule has 1 nitrogen and oxygen atoms in total. The number of unbranched alkanes of at least 4 members (excludes halogenated alkanes) is 2. The van der Waals surface area contributed by atoms with Gasteiger partial charge in [-0.15, -0.1) is 35.3 Å². The highest BCUT2D eigenvalue weighted by molar-refractivity contribution is 8.33. The van der Waals surface area contributed by atoms with E-state index in [0.717, 1.165) is 12.8 Å². The molecular weight excluding hydrogens is 232 g/mol. The average Bonchev–Trinajstić information content (AvgIpc) is 2.22. The van der Waals surface area contributed by atoms with E-state index >= 15 is 0 Å². The fourth-order valence-electron chi connectivity index (χ4n) is 1.42. The Kier molecular flexibility index (Phi) is 8.79. The van der Waals surface area contributed by atoms with Crippen molar-refractivity contribution in [2.75, 3.05) is 18.8 Å². The molecule has 1 unspecified atom stereocenters. The van der Waals surface area contributed by atoms with Crippen LogP contribution in [0.2, 0.25) is 0 Å². The fourth-order valence-corrected chi connectivity index (χ4v) is 4.59. The Balaban J connectivity index is 4.07. The molecule has 0 aromatic rings. The molecule has 0 aliphatic rings. The van der Waals surface area contributed by atoms with Crippen molar-refractivity contribution in [3.05, 3.63) is 0 Å². The molecule has 0 amide bonds. The standard InChI is InChI=1S/C10H22OS3/c1-5-6-7-8-9(11)10(12-2,13-3)14-4/h9,11H,5-8H2,1-4H3. The molecule has 14 heavy (non-hydrogen) atoms. The van der Waals surface area contributed by atoms with Crippen molar-refractivity contribution in [2.24, 2.45) is 0 Å². The summed E-state index contributed by atoms with van der Waals surface area (Å²) < 4.78 is -0.0618. The van der Waals surface area contributed by atoms with Gasteiger partial charge in [0.1, 0.15) is 3.41 Å². The van der Waals surface area contributed by atoms with Gasteiger partial charge in [0.25, 0.3) is 0 Å². The van der Waals surface area contributed by atoms with Gasteiger partial charge in [-0.2, -0.15) is 0 Å². The highest BCUT2D eigenvalue weighted by Crippen LogP contribution is 2.47. The van der Waals surface area contributed by atoms with E-state index in [9.17, 15) is 5.11 Å². The minimum absolute atomic E-state index is 0.0618. The lowest BCUT2D eigenvalue weighted by Gasteiger charge is -2.33. The van der Waals surface area contributed by atoms with Crippen LogP contribution in [0.25, 0.3) is 0 Å². The first-order chi connectivity index (χ1) is 6.66. The van der Waals surface area contributed by atoms with E-state index < -0.39 is 0 Å². The average molecular weight is 254 g/mol. The van der Waals surface area contributed by atoms with Crippen LogP contribution in [0.5, 0.6) is 0 Å². The number of aliphatic hydroxyl groups excluding tert-OH is 1. The molecule has 1 atom stereocenters. The first kappa shape index (κ1) is 15.0. The van der Waals surface area contributed by atoms with E-state index in [1.54, 1.807) is 35.3 Å². The molecule has 0 rings (SSSR count). The topological polar surface area (TPSA) is 20.2 Å². The molecule has 0 saturated heterocycles. The van der Waals surface area contributed by atoms with E-state index in [0.29, 0.717) is 0 Å². The van der Waals surface area contributed by atoms with Crippen molar-refractivity contribution < 1.29 is 5.11 Å². The zero-order chi connectivity index (χ0) is 11.0. The third kappa shape index (κ3) is 4.25. The van der Waals surface area contributed by atoms with Crippen LogP contribution in [0, 0.1) is 0 Å². The molecule has 0 aromatic heterocycles. The summed E-state index contributed by atoms with van der Waals surface area (Å²) in [5.74, 6) is 0. The maximum absolute atomic E-state index is 10.1. The molecule has 4 heteroatoms. The first-order valence-electron chi connectivity index (χ1n) is 5.00. The van der Waals surface area contributed by atoms with Gasteiger partial charge in [0.05, 0.1) is 6.10 Å². The van der Waals surface area contributed by atoms with E-state index in [4.69, 9.17) is 0 Å². The maximum Gasteiger partial charge on any atom is 0.132 e. The third-order valence-electron chi connectivity index (χ3n) is 2.34. The lowest BCUT2D eigenvalue weighted by Crippen LogP contribution is -2.31. The van der Waals surface area contributed by atoms with Crippen LogP contribution in [-0.4, -0.2) is 33.4 Å². The lowest BCUT2D eigenvalue weighted by molar-refractivity contribution is 0.170. The van der Waals surface area contributed by atoms with Gasteiger partial charge in [0.2, 0.25) is 0 Å². The zero-order valence-electron chi connectivity index (χ0n) is 9.58. The van der Waals surface area contributed by atoms with Crippen LogP contribution in [0.15, 0.2) is 0 Å². The Morgan fingerprint density at radius 2 is 1.57 bits per heavy atom. The van der Waals surface area contributed by atoms with Crippen LogP contribution in [-0.2, 0) is 0 Å². The number of hydrogen-bond donors (Lipinski definition) is 1. The summed E-state index contributed by atoms with van der Waals surface area (Å²) >= 11 is 5.28. The monoisotopic (exact) mass is 254 g/mol. The molecule has 0 aliphatic heterocycles. The minimum Gasteiger partial charge on any atom is -0.390 e. The van der Waals surface area contributed by atoms with E-state index in [1.807, 2.05) is 0 Å². The zero-order valence-corrected chi connectivity index (χ0v) is 12.0. The molecule has 1 N–H and O–H groups in total. The Hall–Kier alpha value is 1.01. The quantitative estimate of drug-likeness (QED) is 0.526. The number of hydrogen-bond acceptors (Lipinski definition) is 4. The predicted octanol–water partition coefficient (Wildman–Crippen LogP) is 3.67. The first-order valence-corrected chi connectivity index (χ1v) is 8.67. The van der Waals surface area contributed by atoms with Crippen LogP contribution in [0.3, 0.4) is 0 Å². The summed E-state index contributed by atoms with van der Waals surface area (Å²) in [7, 11) is 0. The normalized spacial score (nSPS) is 14.4. The summed E-state index contributed by atoms with van der Waals surface area (Å²) in [5.41, 5.74) is 0. The van der Waals surface area contributed by atoms with Crippen molar-refractivity contribution in [3.8, 4) is 0 Å². The van der Waals surface area contributed by atoms with Crippen LogP contribution in [0.1, 0.15) is 32.6 Å². The Labute approximate surface area is 101 Å². The minimum atomic E-state index is -0.200. The fraction of sp³-hybridized carbons (Fsp3) is 1.00. The summed E-state index contributed by atoms with van der Waals surface area (Å²) in [6, 6.07) is 0. The summed E-state index contributed by atoms with van der Waals surface area (Å²) in [6.45, 7) is 2.19. The van der Waals surface area contributed by atoms with Crippen LogP contribution in [0.4, 0.5) is 0 Å². The van der Waals surface area contributed by atoms with Crippen LogP contribution >= 0.6 is 35.3 Å². The van der Waals surface area contributed by atoms with Gasteiger partial charge in [0.15, 0.2) is 0 Å². The second-order valence-corrected chi connectivity index (χ2v) is 7.16. The molecular formula is C10H22OS3. The Morgan fingerprint density at radius 3 is 1.93 bits per heavy atom. The smallest absolute Gasteiger partial charge is 0.132 e. The Bertz CT molecular complexity index is 129. The van der Waals surface area contributed by atoms with Gasteiger partial charge < -0.3 is 5.11 Å². The lowest BCUT2D eigenvalue weighted by atomic mass is 10.1. The SMILES string of the molecule is CCCCCC(O)C(SC)(SC)SC. The molecule has 0 saturated carbocycles. The molecule has 0 radical (unpaired) electrons. The number of thioether (sulfide) groups is 3. The molecule has 0 aliphatic carbocycles. The van der Waals surface area contributed by atoms with Crippen molar-refractivity contribution in [3.63, 3.8) is 0 Å². The highest BCUT2D eigenvalue weighted by Gasteiger charge is 2.35. The highest BCUT2D eigenvalue weighted by atomic mass is 32.3. The van der Waals surface area contributed by atoms with Gasteiger partial charge in [0, 0.05) is 0 Å². The molecule has 0 fully saturated rings. The molecule has 0 bridgehead atoms. The van der Waals surface area contributed by atoms with Crippen LogP contribution < -0.4 is 0 Å². The van der Waals surface area contributed by atoms with Crippen molar-refractivity contribution >= 4 is 35.3 Å². The second kappa shape index (κ2) is 8.20. The second-order valence-electron chi connectivity index (χ2n) is 3.23. The number of rotatable bonds is 8. The largest absolute Gasteiger partial charge is 0.390 e. The summed E-state index contributed by atoms with van der Waals surface area (Å²) in [4.78, 5) is 0. The van der Waals surface area contributed by atoms with Crippen molar-refractivity contribution in [2.45, 2.75) is 42.1 Å². The maximum atomic E-state index is 10.1. The van der Waals surface area contributed by atoms with Gasteiger partial charge in [-0.3, -0.25) is 0 Å².